The Morgan fingerprint density at radius 3 is 2.33 bits per heavy atom. The van der Waals surface area contributed by atoms with Gasteiger partial charge in [-0.2, -0.15) is 0 Å². The van der Waals surface area contributed by atoms with Crippen LogP contribution in [0.5, 0.6) is 5.75 Å². The molecule has 5 rings (SSSR count). The second-order valence-corrected chi connectivity index (χ2v) is 10.3. The fourth-order valence-corrected chi connectivity index (χ4v) is 4.99. The van der Waals surface area contributed by atoms with Crippen LogP contribution in [-0.4, -0.2) is 47.0 Å². The Morgan fingerprint density at radius 2 is 1.64 bits per heavy atom. The molecule has 0 fully saturated rings. The molecule has 0 bridgehead atoms. The third-order valence-corrected chi connectivity index (χ3v) is 6.80. The van der Waals surface area contributed by atoms with Gasteiger partial charge in [0, 0.05) is 40.7 Å². The van der Waals surface area contributed by atoms with Crippen LogP contribution >= 0.6 is 0 Å². The monoisotopic (exact) mass is 570 g/mol. The fourth-order valence-electron chi connectivity index (χ4n) is 4.99. The van der Waals surface area contributed by atoms with E-state index in [1.54, 1.807) is 43.3 Å². The summed E-state index contributed by atoms with van der Waals surface area (Å²) in [4.78, 5) is 55.8. The summed E-state index contributed by atoms with van der Waals surface area (Å²) in [5.41, 5.74) is 1.64. The van der Waals surface area contributed by atoms with Crippen LogP contribution < -0.4 is 4.74 Å². The van der Waals surface area contributed by atoms with E-state index in [0.29, 0.717) is 11.2 Å². The summed E-state index contributed by atoms with van der Waals surface area (Å²) in [6.45, 7) is 5.85. The summed E-state index contributed by atoms with van der Waals surface area (Å²) in [5, 5.41) is 0.724. The van der Waals surface area contributed by atoms with Gasteiger partial charge in [-0.3, -0.25) is 4.79 Å². The lowest BCUT2D eigenvalue weighted by molar-refractivity contribution is -0.136. The van der Waals surface area contributed by atoms with Crippen LogP contribution in [0.3, 0.4) is 0 Å². The highest BCUT2D eigenvalue weighted by atomic mass is 19.1. The molecule has 1 aliphatic heterocycles. The SMILES string of the molecule is CCOC(=O)C1=CN(C(=O)c2ccc(F)cc2)CC(C)(C)c2c1[nH]c1cc(OC(=O)OC(=O)c3ccccc3)ccc21. The number of fused-ring (bicyclic) bond motifs is 3. The van der Waals surface area contributed by atoms with Crippen LogP contribution in [0, 0.1) is 5.82 Å². The fraction of sp³-hybridized carbons (Fsp3) is 0.188. The Kier molecular flexibility index (Phi) is 7.62. The molecule has 9 nitrogen and oxygen atoms in total. The van der Waals surface area contributed by atoms with Gasteiger partial charge in [-0.05, 0) is 61.0 Å². The van der Waals surface area contributed by atoms with E-state index >= 15 is 0 Å². The molecule has 0 aliphatic carbocycles. The molecule has 42 heavy (non-hydrogen) atoms. The second-order valence-electron chi connectivity index (χ2n) is 10.3. The van der Waals surface area contributed by atoms with Gasteiger partial charge in [0.05, 0.1) is 23.4 Å². The van der Waals surface area contributed by atoms with Crippen molar-refractivity contribution in [3.8, 4) is 5.75 Å². The van der Waals surface area contributed by atoms with E-state index in [-0.39, 0.29) is 35.6 Å². The first-order valence-electron chi connectivity index (χ1n) is 13.2. The molecule has 0 saturated carbocycles. The number of hydrogen-bond donors (Lipinski definition) is 1. The van der Waals surface area contributed by atoms with Gasteiger partial charge in [0.15, 0.2) is 0 Å². The first kappa shape index (κ1) is 28.3. The van der Waals surface area contributed by atoms with Crippen molar-refractivity contribution in [3.05, 3.63) is 107 Å². The average Bonchev–Trinajstić information content (AvgIpc) is 3.30. The molecular weight excluding hydrogens is 543 g/mol. The predicted octanol–water partition coefficient (Wildman–Crippen LogP) is 6.00. The van der Waals surface area contributed by atoms with E-state index < -0.39 is 35.2 Å². The second kappa shape index (κ2) is 11.3. The molecule has 3 aromatic carbocycles. The average molecular weight is 571 g/mol. The van der Waals surface area contributed by atoms with Crippen molar-refractivity contribution >= 4 is 40.5 Å². The highest BCUT2D eigenvalue weighted by Crippen LogP contribution is 2.41. The minimum Gasteiger partial charge on any atom is -0.462 e. The van der Waals surface area contributed by atoms with Gasteiger partial charge in [-0.25, -0.2) is 18.8 Å². The lowest BCUT2D eigenvalue weighted by atomic mass is 9.81. The smallest absolute Gasteiger partial charge is 0.462 e. The van der Waals surface area contributed by atoms with Gasteiger partial charge in [0.25, 0.3) is 5.91 Å². The predicted molar refractivity (Wildman–Crippen MR) is 151 cm³/mol. The number of amides is 1. The Labute approximate surface area is 240 Å². The summed E-state index contributed by atoms with van der Waals surface area (Å²) in [6.07, 6.45) is 0.245. The summed E-state index contributed by atoms with van der Waals surface area (Å²) in [7, 11) is 0. The number of carbonyl (C=O) groups is 4. The lowest BCUT2D eigenvalue weighted by Gasteiger charge is -2.29. The summed E-state index contributed by atoms with van der Waals surface area (Å²) >= 11 is 0. The minimum atomic E-state index is -1.20. The lowest BCUT2D eigenvalue weighted by Crippen LogP contribution is -2.36. The van der Waals surface area contributed by atoms with Gasteiger partial charge < -0.3 is 24.1 Å². The minimum absolute atomic E-state index is 0.109. The van der Waals surface area contributed by atoms with Crippen LogP contribution in [-0.2, 0) is 19.7 Å². The summed E-state index contributed by atoms with van der Waals surface area (Å²) in [5.74, 6) is -2.25. The van der Waals surface area contributed by atoms with Crippen LogP contribution in [0.1, 0.15) is 52.7 Å². The third kappa shape index (κ3) is 5.64. The third-order valence-electron chi connectivity index (χ3n) is 6.80. The largest absolute Gasteiger partial charge is 0.521 e. The van der Waals surface area contributed by atoms with Crippen molar-refractivity contribution in [3.63, 3.8) is 0 Å². The van der Waals surface area contributed by atoms with Gasteiger partial charge in [-0.15, -0.1) is 0 Å². The number of halogens is 1. The van der Waals surface area contributed by atoms with E-state index in [1.807, 2.05) is 13.8 Å². The Bertz CT molecular complexity index is 1720. The molecular formula is C32H27FN2O7. The molecule has 0 spiro atoms. The highest BCUT2D eigenvalue weighted by Gasteiger charge is 2.37. The maximum atomic E-state index is 13.5. The van der Waals surface area contributed by atoms with Crippen LogP contribution in [0.2, 0.25) is 0 Å². The van der Waals surface area contributed by atoms with E-state index in [2.05, 4.69) is 4.98 Å². The molecule has 1 amide bonds. The number of aromatic amines is 1. The first-order chi connectivity index (χ1) is 20.1. The van der Waals surface area contributed by atoms with Gasteiger partial charge in [0.2, 0.25) is 0 Å². The number of nitrogens with zero attached hydrogens (tertiary/aromatic N) is 1. The van der Waals surface area contributed by atoms with Crippen LogP contribution in [0.15, 0.2) is 79.0 Å². The van der Waals surface area contributed by atoms with E-state index in [4.69, 9.17) is 14.2 Å². The highest BCUT2D eigenvalue weighted by molar-refractivity contribution is 6.18. The Balaban J connectivity index is 1.50. The van der Waals surface area contributed by atoms with Crippen molar-refractivity contribution in [1.82, 2.24) is 9.88 Å². The molecule has 0 unspecified atom stereocenters. The molecule has 10 heteroatoms. The van der Waals surface area contributed by atoms with Crippen LogP contribution in [0.4, 0.5) is 9.18 Å². The molecule has 0 atom stereocenters. The van der Waals surface area contributed by atoms with Gasteiger partial charge in [-0.1, -0.05) is 32.0 Å². The van der Waals surface area contributed by atoms with Crippen LogP contribution in [0.25, 0.3) is 16.5 Å². The maximum Gasteiger partial charge on any atom is 0.521 e. The van der Waals surface area contributed by atoms with E-state index in [9.17, 15) is 23.6 Å². The zero-order valence-corrected chi connectivity index (χ0v) is 23.1. The zero-order valence-electron chi connectivity index (χ0n) is 23.1. The Morgan fingerprint density at radius 1 is 0.929 bits per heavy atom. The summed E-state index contributed by atoms with van der Waals surface area (Å²) < 4.78 is 28.9. The zero-order chi connectivity index (χ0) is 30.0. The number of ether oxygens (including phenoxy) is 3. The molecule has 4 aromatic rings. The number of hydrogen-bond acceptors (Lipinski definition) is 7. The standard InChI is InChI=1S/C32H27FN2O7/c1-4-40-30(38)24-17-35(28(36)19-10-12-21(33)13-11-19)18-32(2,3)26-23-15-14-22(16-25(23)34-27(24)26)41-31(39)42-29(37)20-8-6-5-7-9-20/h5-17,34H,4,18H2,1-3H3. The summed E-state index contributed by atoms with van der Waals surface area (Å²) in [6, 6.07) is 18.0. The van der Waals surface area contributed by atoms with Gasteiger partial charge >= 0.3 is 18.1 Å². The molecule has 1 N–H and O–H groups in total. The molecule has 0 saturated heterocycles. The molecule has 1 aromatic heterocycles. The normalized spacial score (nSPS) is 13.9. The number of nitrogens with one attached hydrogen (secondary N) is 1. The molecule has 2 heterocycles. The van der Waals surface area contributed by atoms with E-state index in [0.717, 1.165) is 10.9 Å². The molecule has 1 aliphatic rings. The van der Waals surface area contributed by atoms with Crippen molar-refractivity contribution in [2.24, 2.45) is 0 Å². The van der Waals surface area contributed by atoms with Crippen molar-refractivity contribution in [2.45, 2.75) is 26.2 Å². The van der Waals surface area contributed by atoms with E-state index in [1.165, 1.54) is 47.5 Å². The first-order valence-corrected chi connectivity index (χ1v) is 13.2. The Hall–Kier alpha value is -5.25. The van der Waals surface area contributed by atoms with Crippen molar-refractivity contribution in [1.29, 1.82) is 0 Å². The van der Waals surface area contributed by atoms with Crippen molar-refractivity contribution < 1.29 is 37.8 Å². The number of H-pyrrole nitrogens is 1. The number of esters is 2. The quantitative estimate of drug-likeness (QED) is 0.178. The topological polar surface area (TPSA) is 115 Å². The van der Waals surface area contributed by atoms with Gasteiger partial charge in [0.1, 0.15) is 11.6 Å². The molecule has 214 valence electrons. The van der Waals surface area contributed by atoms with Crippen molar-refractivity contribution in [2.75, 3.05) is 13.2 Å². The number of carbonyl (C=O) groups excluding carboxylic acids is 4. The number of aromatic nitrogens is 1. The number of rotatable bonds is 5. The number of benzene rings is 3. The maximum absolute atomic E-state index is 13.5. The molecule has 0 radical (unpaired) electrons.